The number of hydrogen-bond acceptors (Lipinski definition) is 7. The van der Waals surface area contributed by atoms with Gasteiger partial charge in [0.05, 0.1) is 27.7 Å². The first-order chi connectivity index (χ1) is 17.4. The number of phosphoric ester groups is 1. The van der Waals surface area contributed by atoms with E-state index in [1.54, 1.807) is 0 Å². The van der Waals surface area contributed by atoms with Crippen molar-refractivity contribution in [2.75, 3.05) is 47.5 Å². The van der Waals surface area contributed by atoms with Crippen molar-refractivity contribution in [2.24, 2.45) is 0 Å². The minimum Gasteiger partial charge on any atom is -0.462 e. The van der Waals surface area contributed by atoms with Crippen molar-refractivity contribution < 1.29 is 42.1 Å². The molecule has 0 fully saturated rings. The van der Waals surface area contributed by atoms with Crippen molar-refractivity contribution in [2.45, 2.75) is 116 Å². The highest BCUT2D eigenvalue weighted by Crippen LogP contribution is 2.43. The van der Waals surface area contributed by atoms with Crippen molar-refractivity contribution in [3.8, 4) is 0 Å². The summed E-state index contributed by atoms with van der Waals surface area (Å²) in [6.45, 7) is 3.37. The zero-order valence-corrected chi connectivity index (χ0v) is 25.1. The minimum absolute atomic E-state index is 0.0325. The second-order valence-corrected chi connectivity index (χ2v) is 12.3. The van der Waals surface area contributed by atoms with Crippen LogP contribution in [0.4, 0.5) is 0 Å². The van der Waals surface area contributed by atoms with E-state index in [0.29, 0.717) is 17.4 Å². The van der Waals surface area contributed by atoms with E-state index in [2.05, 4.69) is 6.92 Å². The number of esters is 2. The molecule has 9 nitrogen and oxygen atoms in total. The van der Waals surface area contributed by atoms with Gasteiger partial charge in [-0.3, -0.25) is 18.6 Å². The predicted octanol–water partition coefficient (Wildman–Crippen LogP) is 6.17. The Morgan fingerprint density at radius 2 is 1.27 bits per heavy atom. The van der Waals surface area contributed by atoms with Crippen LogP contribution < -0.4 is 0 Å². The first-order valence-electron chi connectivity index (χ1n) is 14.2. The summed E-state index contributed by atoms with van der Waals surface area (Å²) in [6, 6.07) is 0. The number of likely N-dealkylation sites (N-methyl/N-ethyl adjacent to an activating group) is 1. The first kappa shape index (κ1) is 36.0. The predicted molar refractivity (Wildman–Crippen MR) is 146 cm³/mol. The molecule has 0 amide bonds. The van der Waals surface area contributed by atoms with Crippen molar-refractivity contribution in [3.05, 3.63) is 0 Å². The quantitative estimate of drug-likeness (QED) is 0.0620. The molecular weight excluding hydrogens is 497 g/mol. The minimum atomic E-state index is -4.32. The van der Waals surface area contributed by atoms with Crippen LogP contribution in [0.3, 0.4) is 0 Å². The van der Waals surface area contributed by atoms with E-state index in [1.807, 2.05) is 21.1 Å². The van der Waals surface area contributed by atoms with Gasteiger partial charge >= 0.3 is 19.8 Å². The molecule has 0 aliphatic carbocycles. The first-order valence-corrected chi connectivity index (χ1v) is 15.7. The maximum absolute atomic E-state index is 12.2. The fraction of sp³-hybridized carbons (Fsp3) is 0.926. The Morgan fingerprint density at radius 1 is 0.784 bits per heavy atom. The lowest BCUT2D eigenvalue weighted by Crippen LogP contribution is -2.37. The normalized spacial score (nSPS) is 14.2. The number of unbranched alkanes of at least 4 members (excludes halogenated alkanes) is 13. The monoisotopic (exact) mass is 552 g/mol. The van der Waals surface area contributed by atoms with E-state index < -0.39 is 32.5 Å². The Balaban J connectivity index is 4.03. The van der Waals surface area contributed by atoms with Crippen molar-refractivity contribution in [3.63, 3.8) is 0 Å². The fourth-order valence-electron chi connectivity index (χ4n) is 3.68. The highest BCUT2D eigenvalue weighted by molar-refractivity contribution is 7.47. The lowest BCUT2D eigenvalue weighted by Gasteiger charge is -2.24. The SMILES string of the molecule is CCCCCCCCCCCCCCCCC(=O)OC(COC(C)=O)COP(=O)(O)OCC[N+](C)(C)C. The Kier molecular flexibility index (Phi) is 21.3. The summed E-state index contributed by atoms with van der Waals surface area (Å²) < 4.78 is 32.9. The van der Waals surface area contributed by atoms with Gasteiger partial charge in [-0.15, -0.1) is 0 Å². The van der Waals surface area contributed by atoms with Crippen LogP contribution in [0.15, 0.2) is 0 Å². The van der Waals surface area contributed by atoms with Crippen LogP contribution >= 0.6 is 7.82 Å². The summed E-state index contributed by atoms with van der Waals surface area (Å²) in [7, 11) is 1.47. The largest absolute Gasteiger partial charge is 0.472 e. The molecule has 0 rings (SSSR count). The third-order valence-electron chi connectivity index (χ3n) is 5.95. The molecule has 10 heteroatoms. The molecule has 2 atom stereocenters. The van der Waals surface area contributed by atoms with E-state index in [1.165, 1.54) is 77.6 Å². The lowest BCUT2D eigenvalue weighted by atomic mass is 10.0. The average Bonchev–Trinajstić information content (AvgIpc) is 2.80. The molecule has 0 saturated heterocycles. The number of nitrogens with zero attached hydrogens (tertiary/aromatic N) is 1. The Bertz CT molecular complexity index is 638. The highest BCUT2D eigenvalue weighted by atomic mass is 31.2. The number of ether oxygens (including phenoxy) is 2. The summed E-state index contributed by atoms with van der Waals surface area (Å²) >= 11 is 0. The maximum atomic E-state index is 12.2. The van der Waals surface area contributed by atoms with Gasteiger partial charge in [0.2, 0.25) is 0 Å². The number of hydrogen-bond donors (Lipinski definition) is 1. The van der Waals surface area contributed by atoms with Gasteiger partial charge in [0, 0.05) is 13.3 Å². The van der Waals surface area contributed by atoms with Gasteiger partial charge < -0.3 is 18.9 Å². The van der Waals surface area contributed by atoms with Gasteiger partial charge in [-0.2, -0.15) is 0 Å². The lowest BCUT2D eigenvalue weighted by molar-refractivity contribution is -0.870. The molecule has 0 radical (unpaired) electrons. The molecule has 1 N–H and O–H groups in total. The third-order valence-corrected chi connectivity index (χ3v) is 6.93. The van der Waals surface area contributed by atoms with Gasteiger partial charge in [0.25, 0.3) is 0 Å². The number of phosphoric acid groups is 1. The van der Waals surface area contributed by atoms with E-state index in [0.717, 1.165) is 12.8 Å². The number of carbonyl (C=O) groups is 2. The summed E-state index contributed by atoms with van der Waals surface area (Å²) in [5, 5.41) is 0. The van der Waals surface area contributed by atoms with Crippen LogP contribution in [0, 0.1) is 0 Å². The third kappa shape index (κ3) is 26.4. The van der Waals surface area contributed by atoms with Gasteiger partial charge in [0.15, 0.2) is 6.10 Å². The number of quaternary nitrogens is 1. The molecule has 0 heterocycles. The molecule has 2 unspecified atom stereocenters. The molecule has 0 aromatic carbocycles. The van der Waals surface area contributed by atoms with Crippen molar-refractivity contribution in [1.29, 1.82) is 0 Å². The molecule has 0 spiro atoms. The maximum Gasteiger partial charge on any atom is 0.472 e. The molecule has 37 heavy (non-hydrogen) atoms. The van der Waals surface area contributed by atoms with Gasteiger partial charge in [-0.25, -0.2) is 4.57 Å². The van der Waals surface area contributed by atoms with Crippen LogP contribution in [-0.2, 0) is 32.7 Å². The summed E-state index contributed by atoms with van der Waals surface area (Å²) in [5.41, 5.74) is 0. The average molecular weight is 553 g/mol. The second-order valence-electron chi connectivity index (χ2n) is 10.9. The molecular formula is C27H55NO8P+. The van der Waals surface area contributed by atoms with Gasteiger partial charge in [0.1, 0.15) is 19.8 Å². The fourth-order valence-corrected chi connectivity index (χ4v) is 4.42. The van der Waals surface area contributed by atoms with Crippen molar-refractivity contribution in [1.82, 2.24) is 0 Å². The smallest absolute Gasteiger partial charge is 0.462 e. The number of carbonyl (C=O) groups excluding carboxylic acids is 2. The highest BCUT2D eigenvalue weighted by Gasteiger charge is 2.26. The zero-order valence-electron chi connectivity index (χ0n) is 24.2. The van der Waals surface area contributed by atoms with E-state index >= 15 is 0 Å². The summed E-state index contributed by atoms with van der Waals surface area (Å²) in [4.78, 5) is 33.3. The molecule has 0 aliphatic heterocycles. The molecule has 0 aromatic rings. The van der Waals surface area contributed by atoms with Gasteiger partial charge in [-0.1, -0.05) is 90.4 Å². The zero-order chi connectivity index (χ0) is 28.0. The van der Waals surface area contributed by atoms with Crippen LogP contribution in [0.2, 0.25) is 0 Å². The van der Waals surface area contributed by atoms with Gasteiger partial charge in [-0.05, 0) is 6.42 Å². The van der Waals surface area contributed by atoms with E-state index in [9.17, 15) is 19.0 Å². The molecule has 0 aliphatic rings. The number of rotatable bonds is 25. The molecule has 0 bridgehead atoms. The standard InChI is InChI=1S/C27H54NO8P/c1-6-7-8-9-10-11-12-13-14-15-16-17-18-19-20-27(30)36-26(23-33-25(2)29)24-35-37(31,32)34-22-21-28(3,4)5/h26H,6-24H2,1-5H3/p+1. The van der Waals surface area contributed by atoms with Crippen LogP contribution in [-0.4, -0.2) is 74.9 Å². The Hall–Kier alpha value is -0.990. The van der Waals surface area contributed by atoms with Crippen LogP contribution in [0.25, 0.3) is 0 Å². The summed E-state index contributed by atoms with van der Waals surface area (Å²) in [6.07, 6.45) is 16.5. The van der Waals surface area contributed by atoms with Crippen LogP contribution in [0.1, 0.15) is 110 Å². The molecule has 0 aromatic heterocycles. The Morgan fingerprint density at radius 3 is 1.73 bits per heavy atom. The van der Waals surface area contributed by atoms with E-state index in [4.69, 9.17) is 18.5 Å². The van der Waals surface area contributed by atoms with E-state index in [-0.39, 0.29) is 19.6 Å². The molecule has 0 saturated carbocycles. The molecule has 220 valence electrons. The van der Waals surface area contributed by atoms with Crippen molar-refractivity contribution >= 4 is 19.8 Å². The summed E-state index contributed by atoms with van der Waals surface area (Å²) in [5.74, 6) is -0.988. The Labute approximate surface area is 225 Å². The van der Waals surface area contributed by atoms with Crippen LogP contribution in [0.5, 0.6) is 0 Å². The second kappa shape index (κ2) is 21.9. The topological polar surface area (TPSA) is 108 Å².